The minimum absolute atomic E-state index is 0.253. The quantitative estimate of drug-likeness (QED) is 0.0931. The Morgan fingerprint density at radius 1 is 0.500 bits per heavy atom. The van der Waals surface area contributed by atoms with Crippen molar-refractivity contribution in [2.75, 3.05) is 37.9 Å². The molecule has 0 rings (SSSR count). The fourth-order valence-electron chi connectivity index (χ4n) is 4.72. The first-order valence-corrected chi connectivity index (χ1v) is 18.8. The van der Waals surface area contributed by atoms with Crippen LogP contribution in [0.25, 0.3) is 0 Å². The molecule has 0 aliphatic rings. The van der Waals surface area contributed by atoms with Gasteiger partial charge in [0.05, 0.1) is 37.9 Å². The van der Waals surface area contributed by atoms with E-state index in [-0.39, 0.29) is 13.2 Å². The van der Waals surface area contributed by atoms with Gasteiger partial charge in [0.25, 0.3) is 7.82 Å². The molecular formula is C28H62O4P2. The van der Waals surface area contributed by atoms with Crippen molar-refractivity contribution in [3.8, 4) is 0 Å². The van der Waals surface area contributed by atoms with E-state index in [1.165, 1.54) is 64.2 Å². The largest absolute Gasteiger partial charge is 0.756 e. The van der Waals surface area contributed by atoms with E-state index in [0.29, 0.717) is 0 Å². The molecule has 0 aliphatic carbocycles. The SMILES string of the molecule is CCCCCCCCOP(=O)([O-])OCCCCCCCC.CCC[P+](CCC)(CCC)CCC. The van der Waals surface area contributed by atoms with Gasteiger partial charge in [0.15, 0.2) is 0 Å². The molecule has 208 valence electrons. The topological polar surface area (TPSA) is 58.6 Å². The lowest BCUT2D eigenvalue weighted by Crippen LogP contribution is -2.10. The van der Waals surface area contributed by atoms with Crippen molar-refractivity contribution >= 4 is 15.1 Å². The van der Waals surface area contributed by atoms with E-state index in [4.69, 9.17) is 9.05 Å². The average molecular weight is 525 g/mol. The van der Waals surface area contributed by atoms with Gasteiger partial charge in [0.1, 0.15) is 0 Å². The van der Waals surface area contributed by atoms with Crippen LogP contribution in [0.5, 0.6) is 0 Å². The number of phosphoric ester groups is 1. The zero-order valence-electron chi connectivity index (χ0n) is 24.1. The van der Waals surface area contributed by atoms with E-state index in [1.807, 2.05) is 0 Å². The Morgan fingerprint density at radius 2 is 0.794 bits per heavy atom. The van der Waals surface area contributed by atoms with Gasteiger partial charge in [-0.05, 0) is 38.5 Å². The van der Waals surface area contributed by atoms with Crippen LogP contribution < -0.4 is 4.89 Å². The summed E-state index contributed by atoms with van der Waals surface area (Å²) in [7, 11) is -4.56. The van der Waals surface area contributed by atoms with Gasteiger partial charge < -0.3 is 13.9 Å². The van der Waals surface area contributed by atoms with Crippen LogP contribution in [-0.4, -0.2) is 37.9 Å². The van der Waals surface area contributed by atoms with E-state index >= 15 is 0 Å². The molecular weight excluding hydrogens is 462 g/mol. The standard InChI is InChI=1S/C16H35O4P.C12H28P/c1-3-5-7-9-11-13-15-19-21(17,18)20-16-14-12-10-8-6-4-2;1-5-9-13(10-6-2,11-7-3)12-8-4/h3-16H2,1-2H3,(H,17,18);5-12H2,1-4H3/q;+1/p-1. The van der Waals surface area contributed by atoms with Gasteiger partial charge in [-0.3, -0.25) is 4.57 Å². The first-order chi connectivity index (χ1) is 16.4. The second kappa shape index (κ2) is 26.6. The molecule has 4 nitrogen and oxygen atoms in total. The highest BCUT2D eigenvalue weighted by Crippen LogP contribution is 2.60. The molecule has 0 aromatic heterocycles. The third-order valence-corrected chi connectivity index (χ3v) is 12.9. The van der Waals surface area contributed by atoms with Crippen LogP contribution in [0.3, 0.4) is 0 Å². The van der Waals surface area contributed by atoms with E-state index in [9.17, 15) is 9.46 Å². The van der Waals surface area contributed by atoms with E-state index in [1.54, 1.807) is 24.6 Å². The number of hydrogen-bond acceptors (Lipinski definition) is 4. The third kappa shape index (κ3) is 24.2. The lowest BCUT2D eigenvalue weighted by molar-refractivity contribution is -0.225. The molecule has 0 unspecified atom stereocenters. The van der Waals surface area contributed by atoms with Crippen LogP contribution in [0, 0.1) is 0 Å². The first-order valence-electron chi connectivity index (χ1n) is 14.8. The summed E-state index contributed by atoms with van der Waals surface area (Å²) in [4.78, 5) is 11.5. The Balaban J connectivity index is 0. The Hall–Kier alpha value is 0.540. The van der Waals surface area contributed by atoms with E-state index < -0.39 is 15.1 Å². The van der Waals surface area contributed by atoms with Crippen LogP contribution >= 0.6 is 15.1 Å². The summed E-state index contributed by atoms with van der Waals surface area (Å²) in [5.41, 5.74) is 0. The van der Waals surface area contributed by atoms with E-state index in [2.05, 4.69) is 41.5 Å². The molecule has 0 aliphatic heterocycles. The van der Waals surface area contributed by atoms with Gasteiger partial charge in [-0.25, -0.2) is 0 Å². The minimum atomic E-state index is -4.07. The predicted molar refractivity (Wildman–Crippen MR) is 154 cm³/mol. The molecule has 0 radical (unpaired) electrons. The summed E-state index contributed by atoms with van der Waals surface area (Å²) in [6.07, 6.45) is 25.2. The van der Waals surface area contributed by atoms with E-state index in [0.717, 1.165) is 38.5 Å². The fourth-order valence-corrected chi connectivity index (χ4v) is 10.6. The molecule has 0 saturated carbocycles. The summed E-state index contributed by atoms with van der Waals surface area (Å²) in [6, 6.07) is 0. The minimum Gasteiger partial charge on any atom is -0.756 e. The smallest absolute Gasteiger partial charge is 0.267 e. The highest BCUT2D eigenvalue weighted by Gasteiger charge is 2.32. The Kier molecular flexibility index (Phi) is 28.7. The third-order valence-electron chi connectivity index (χ3n) is 6.29. The number of unbranched alkanes of at least 4 members (excludes halogenated alkanes) is 10. The molecule has 6 heteroatoms. The molecule has 0 heterocycles. The van der Waals surface area contributed by atoms with Crippen molar-refractivity contribution in [1.82, 2.24) is 0 Å². The van der Waals surface area contributed by atoms with Crippen molar-refractivity contribution in [3.05, 3.63) is 0 Å². The predicted octanol–water partition coefficient (Wildman–Crippen LogP) is 9.85. The maximum atomic E-state index is 11.5. The van der Waals surface area contributed by atoms with Crippen LogP contribution in [0.1, 0.15) is 144 Å². The molecule has 0 amide bonds. The molecule has 0 bridgehead atoms. The lowest BCUT2D eigenvalue weighted by atomic mass is 10.1. The lowest BCUT2D eigenvalue weighted by Gasteiger charge is -2.26. The van der Waals surface area contributed by atoms with Gasteiger partial charge in [0.2, 0.25) is 0 Å². The van der Waals surface area contributed by atoms with Gasteiger partial charge in [0, 0.05) is 7.26 Å². The summed E-state index contributed by atoms with van der Waals surface area (Å²) in [5, 5.41) is 0. The maximum Gasteiger partial charge on any atom is 0.267 e. The summed E-state index contributed by atoms with van der Waals surface area (Å²) >= 11 is 0. The molecule has 0 N–H and O–H groups in total. The number of phosphoric acid groups is 1. The van der Waals surface area contributed by atoms with Gasteiger partial charge in [-0.2, -0.15) is 0 Å². The Bertz CT molecular complexity index is 395. The van der Waals surface area contributed by atoms with Crippen LogP contribution in [0.15, 0.2) is 0 Å². The normalized spacial score (nSPS) is 12.0. The van der Waals surface area contributed by atoms with Crippen molar-refractivity contribution in [3.63, 3.8) is 0 Å². The molecule has 0 aromatic rings. The second-order valence-electron chi connectivity index (χ2n) is 9.89. The van der Waals surface area contributed by atoms with Crippen LogP contribution in [0.4, 0.5) is 0 Å². The van der Waals surface area contributed by atoms with Gasteiger partial charge in [-0.15, -0.1) is 0 Å². The molecule has 0 atom stereocenters. The average Bonchev–Trinajstić information content (AvgIpc) is 2.79. The number of rotatable bonds is 24. The number of hydrogen-bond donors (Lipinski definition) is 0. The molecule has 0 saturated heterocycles. The Morgan fingerprint density at radius 3 is 1.09 bits per heavy atom. The first kappa shape index (κ1) is 36.7. The second-order valence-corrected chi connectivity index (χ2v) is 15.8. The summed E-state index contributed by atoms with van der Waals surface area (Å²) in [5.74, 6) is 0. The zero-order valence-corrected chi connectivity index (χ0v) is 25.9. The Labute approximate surface area is 215 Å². The summed E-state index contributed by atoms with van der Waals surface area (Å²) < 4.78 is 21.2. The van der Waals surface area contributed by atoms with Gasteiger partial charge >= 0.3 is 0 Å². The molecule has 34 heavy (non-hydrogen) atoms. The van der Waals surface area contributed by atoms with Gasteiger partial charge in [-0.1, -0.05) is 106 Å². The molecule has 0 fully saturated rings. The van der Waals surface area contributed by atoms with Crippen LogP contribution in [-0.2, 0) is 13.6 Å². The monoisotopic (exact) mass is 524 g/mol. The fraction of sp³-hybridized carbons (Fsp3) is 1.00. The van der Waals surface area contributed by atoms with Crippen molar-refractivity contribution < 1.29 is 18.5 Å². The highest BCUT2D eigenvalue weighted by atomic mass is 31.2. The molecule has 0 aromatic carbocycles. The van der Waals surface area contributed by atoms with Crippen molar-refractivity contribution in [2.24, 2.45) is 0 Å². The zero-order chi connectivity index (χ0) is 26.0. The van der Waals surface area contributed by atoms with Crippen LogP contribution in [0.2, 0.25) is 0 Å². The van der Waals surface area contributed by atoms with Crippen molar-refractivity contribution in [2.45, 2.75) is 144 Å². The summed E-state index contributed by atoms with van der Waals surface area (Å²) in [6.45, 7) is 14.3. The van der Waals surface area contributed by atoms with Crippen molar-refractivity contribution in [1.29, 1.82) is 0 Å². The molecule has 0 spiro atoms. The highest BCUT2D eigenvalue weighted by molar-refractivity contribution is 7.75. The maximum absolute atomic E-state index is 11.5.